The highest BCUT2D eigenvalue weighted by molar-refractivity contribution is 5.91. The molecule has 34 heavy (non-hydrogen) atoms. The van der Waals surface area contributed by atoms with Gasteiger partial charge in [-0.1, -0.05) is 18.2 Å². The van der Waals surface area contributed by atoms with Crippen LogP contribution in [0.4, 0.5) is 0 Å². The normalized spacial score (nSPS) is 25.1. The second-order valence-corrected chi connectivity index (χ2v) is 7.85. The first kappa shape index (κ1) is 25.5. The molecule has 0 saturated carbocycles. The molecule has 0 spiro atoms. The van der Waals surface area contributed by atoms with Gasteiger partial charge in [0.1, 0.15) is 24.1 Å². The topological polar surface area (TPSA) is 166 Å². The van der Waals surface area contributed by atoms with E-state index in [0.29, 0.717) is 24.0 Å². The van der Waals surface area contributed by atoms with E-state index in [2.05, 4.69) is 0 Å². The number of aliphatic hydroxyl groups is 4. The summed E-state index contributed by atoms with van der Waals surface area (Å²) in [6, 6.07) is 11.2. The van der Waals surface area contributed by atoms with E-state index in [1.165, 1.54) is 19.3 Å². The largest absolute Gasteiger partial charge is 0.508 e. The highest BCUT2D eigenvalue weighted by atomic mass is 16.7. The highest BCUT2D eigenvalue weighted by Gasteiger charge is 2.45. The van der Waals surface area contributed by atoms with Gasteiger partial charge in [-0.05, 0) is 53.8 Å². The van der Waals surface area contributed by atoms with E-state index in [1.54, 1.807) is 36.4 Å². The Bertz CT molecular complexity index is 1000. The molecule has 1 fully saturated rings. The van der Waals surface area contributed by atoms with Crippen LogP contribution in [-0.2, 0) is 20.7 Å². The number of rotatable bonds is 8. The highest BCUT2D eigenvalue weighted by Crippen LogP contribution is 2.31. The van der Waals surface area contributed by atoms with Crippen LogP contribution in [0, 0.1) is 0 Å². The molecule has 5 atom stereocenters. The molecule has 6 N–H and O–H groups in total. The number of hydrogen-bond donors (Lipinski definition) is 6. The van der Waals surface area contributed by atoms with Crippen molar-refractivity contribution in [1.29, 1.82) is 0 Å². The molecular weight excluding hydrogens is 448 g/mol. The molecule has 184 valence electrons. The molecule has 10 nitrogen and oxygen atoms in total. The van der Waals surface area contributed by atoms with Crippen molar-refractivity contribution in [1.82, 2.24) is 0 Å². The number of allylic oxidation sites excluding steroid dienone is 1. The fourth-order valence-electron chi connectivity index (χ4n) is 3.64. The number of ether oxygens (including phenoxy) is 3. The van der Waals surface area contributed by atoms with Crippen LogP contribution in [0.1, 0.15) is 17.5 Å². The average molecular weight is 476 g/mol. The number of methoxy groups -OCH3 is 1. The monoisotopic (exact) mass is 476 g/mol. The minimum atomic E-state index is -1.73. The van der Waals surface area contributed by atoms with Crippen LogP contribution in [0.25, 0.3) is 5.57 Å². The van der Waals surface area contributed by atoms with E-state index in [0.717, 1.165) is 5.56 Å². The van der Waals surface area contributed by atoms with Gasteiger partial charge in [0.25, 0.3) is 0 Å². The summed E-state index contributed by atoms with van der Waals surface area (Å²) in [7, 11) is 1.39. The molecule has 2 aromatic carbocycles. The number of aromatic hydroxyl groups is 2. The van der Waals surface area contributed by atoms with E-state index in [-0.39, 0.29) is 17.2 Å². The molecule has 1 saturated heterocycles. The van der Waals surface area contributed by atoms with E-state index < -0.39 is 43.3 Å². The lowest BCUT2D eigenvalue weighted by Gasteiger charge is -2.39. The minimum Gasteiger partial charge on any atom is -0.508 e. The zero-order chi connectivity index (χ0) is 24.8. The summed E-state index contributed by atoms with van der Waals surface area (Å²) in [5.74, 6) is -0.615. The van der Waals surface area contributed by atoms with E-state index >= 15 is 0 Å². The number of benzene rings is 2. The van der Waals surface area contributed by atoms with E-state index in [4.69, 9.17) is 14.2 Å². The van der Waals surface area contributed by atoms with Crippen LogP contribution in [0.5, 0.6) is 17.2 Å². The van der Waals surface area contributed by atoms with Gasteiger partial charge in [0, 0.05) is 6.08 Å². The van der Waals surface area contributed by atoms with Crippen molar-refractivity contribution in [2.45, 2.75) is 43.5 Å². The Kier molecular flexibility index (Phi) is 8.48. The summed E-state index contributed by atoms with van der Waals surface area (Å²) in [5.41, 5.74) is 1.99. The Morgan fingerprint density at radius 3 is 2.41 bits per heavy atom. The first-order valence-corrected chi connectivity index (χ1v) is 10.6. The predicted octanol–water partition coefficient (Wildman–Crippen LogP) is 0.466. The first-order chi connectivity index (χ1) is 16.2. The fourth-order valence-corrected chi connectivity index (χ4v) is 3.64. The van der Waals surface area contributed by atoms with Crippen molar-refractivity contribution in [3.05, 3.63) is 59.7 Å². The summed E-state index contributed by atoms with van der Waals surface area (Å²) >= 11 is 0. The summed E-state index contributed by atoms with van der Waals surface area (Å²) in [6.07, 6.45) is -5.72. The molecule has 0 unspecified atom stereocenters. The number of carbonyl (C=O) groups is 1. The molecule has 0 radical (unpaired) electrons. The summed E-state index contributed by atoms with van der Waals surface area (Å²) in [6.45, 7) is -0.661. The third kappa shape index (κ3) is 6.04. The average Bonchev–Trinajstić information content (AvgIpc) is 2.83. The SMILES string of the molecule is COc1cc(C(=CC(=O)O[C@H]2[C@H](O)[C@@H](O)[C@H](O)O[C@@H]2CO)CCc2ccc(O)cc2)ccc1O. The van der Waals surface area contributed by atoms with Gasteiger partial charge in [-0.3, -0.25) is 0 Å². The zero-order valence-corrected chi connectivity index (χ0v) is 18.4. The second kappa shape index (κ2) is 11.3. The van der Waals surface area contributed by atoms with Crippen molar-refractivity contribution < 1.29 is 49.6 Å². The van der Waals surface area contributed by atoms with Crippen LogP contribution in [0.15, 0.2) is 48.5 Å². The number of esters is 1. The third-order valence-electron chi connectivity index (χ3n) is 5.55. The Hall–Kier alpha value is -3.15. The first-order valence-electron chi connectivity index (χ1n) is 10.6. The van der Waals surface area contributed by atoms with Gasteiger partial charge < -0.3 is 44.8 Å². The van der Waals surface area contributed by atoms with Gasteiger partial charge in [0.2, 0.25) is 0 Å². The quantitative estimate of drug-likeness (QED) is 0.233. The molecular formula is C24H28O10. The molecule has 1 aliphatic heterocycles. The van der Waals surface area contributed by atoms with Gasteiger partial charge in [0.05, 0.1) is 13.7 Å². The lowest BCUT2D eigenvalue weighted by molar-refractivity contribution is -0.289. The summed E-state index contributed by atoms with van der Waals surface area (Å²) in [5, 5.41) is 58.6. The van der Waals surface area contributed by atoms with Crippen molar-refractivity contribution in [3.63, 3.8) is 0 Å². The van der Waals surface area contributed by atoms with Crippen LogP contribution in [0.3, 0.4) is 0 Å². The number of phenolic OH excluding ortho intramolecular Hbond substituents is 2. The summed E-state index contributed by atoms with van der Waals surface area (Å²) in [4.78, 5) is 12.8. The molecule has 10 heteroatoms. The van der Waals surface area contributed by atoms with Gasteiger partial charge in [-0.15, -0.1) is 0 Å². The van der Waals surface area contributed by atoms with Gasteiger partial charge in [-0.25, -0.2) is 4.79 Å². The Balaban J connectivity index is 1.85. The fraction of sp³-hybridized carbons (Fsp3) is 0.375. The minimum absolute atomic E-state index is 0.0764. The van der Waals surface area contributed by atoms with E-state index in [1.807, 2.05) is 0 Å². The standard InChI is InChI=1S/C24H28O10/c1-32-18-10-14(6-9-17(18)27)15(5-2-13-3-7-16(26)8-4-13)11-20(28)34-23-19(12-25)33-24(31)22(30)21(23)29/h3-4,6-11,19,21-27,29-31H,2,5,12H2,1H3/t19-,21-,22-,23-,24-/m1/s1. The maximum absolute atomic E-state index is 12.8. The van der Waals surface area contributed by atoms with Gasteiger partial charge in [-0.2, -0.15) is 0 Å². The van der Waals surface area contributed by atoms with Gasteiger partial charge >= 0.3 is 5.97 Å². The number of aryl methyl sites for hydroxylation is 1. The molecule has 0 aliphatic carbocycles. The lowest BCUT2D eigenvalue weighted by Crippen LogP contribution is -2.59. The van der Waals surface area contributed by atoms with E-state index in [9.17, 15) is 35.4 Å². The molecule has 0 amide bonds. The number of carbonyl (C=O) groups excluding carboxylic acids is 1. The Labute approximate surface area is 195 Å². The van der Waals surface area contributed by atoms with Crippen LogP contribution in [0.2, 0.25) is 0 Å². The number of phenols is 2. The maximum Gasteiger partial charge on any atom is 0.331 e. The van der Waals surface area contributed by atoms with Crippen LogP contribution >= 0.6 is 0 Å². The van der Waals surface area contributed by atoms with Gasteiger partial charge in [0.15, 0.2) is 23.9 Å². The van der Waals surface area contributed by atoms with Crippen molar-refractivity contribution in [2.24, 2.45) is 0 Å². The molecule has 1 aliphatic rings. The smallest absolute Gasteiger partial charge is 0.331 e. The van der Waals surface area contributed by atoms with Crippen molar-refractivity contribution in [2.75, 3.05) is 13.7 Å². The maximum atomic E-state index is 12.8. The number of hydrogen-bond acceptors (Lipinski definition) is 10. The lowest BCUT2D eigenvalue weighted by atomic mass is 9.97. The van der Waals surface area contributed by atoms with Crippen LogP contribution < -0.4 is 4.74 Å². The molecule has 0 aromatic heterocycles. The van der Waals surface area contributed by atoms with Crippen molar-refractivity contribution >= 4 is 11.5 Å². The summed E-state index contributed by atoms with van der Waals surface area (Å²) < 4.78 is 15.5. The van der Waals surface area contributed by atoms with Crippen LogP contribution in [-0.4, -0.2) is 81.0 Å². The predicted molar refractivity (Wildman–Crippen MR) is 119 cm³/mol. The molecule has 3 rings (SSSR count). The number of aliphatic hydroxyl groups excluding tert-OH is 4. The second-order valence-electron chi connectivity index (χ2n) is 7.85. The molecule has 1 heterocycles. The third-order valence-corrected chi connectivity index (χ3v) is 5.55. The molecule has 2 aromatic rings. The molecule has 0 bridgehead atoms. The Morgan fingerprint density at radius 1 is 1.06 bits per heavy atom. The van der Waals surface area contributed by atoms with Crippen molar-refractivity contribution in [3.8, 4) is 17.2 Å². The Morgan fingerprint density at radius 2 is 1.76 bits per heavy atom. The zero-order valence-electron chi connectivity index (χ0n) is 18.4.